The molecule has 0 aromatic heterocycles. The minimum Gasteiger partial charge on any atom is -0.377 e. The Hall–Kier alpha value is -0.420. The summed E-state index contributed by atoms with van der Waals surface area (Å²) in [6.45, 7) is 5.14. The Balaban J connectivity index is 4.42. The van der Waals surface area contributed by atoms with Crippen molar-refractivity contribution in [3.8, 4) is 0 Å². The molecule has 0 amide bonds. The van der Waals surface area contributed by atoms with Crippen LogP contribution >= 0.6 is 0 Å². The van der Waals surface area contributed by atoms with Gasteiger partial charge in [0.2, 0.25) is 0 Å². The molecule has 0 bridgehead atoms. The van der Waals surface area contributed by atoms with Crippen molar-refractivity contribution in [2.75, 3.05) is 19.5 Å². The van der Waals surface area contributed by atoms with E-state index in [1.54, 1.807) is 6.92 Å². The highest BCUT2D eigenvalue weighted by molar-refractivity contribution is 7.92. The summed E-state index contributed by atoms with van der Waals surface area (Å²) in [6, 6.07) is 0. The smallest absolute Gasteiger partial charge is 0.173 e. The Bertz CT molecular complexity index is 279. The van der Waals surface area contributed by atoms with E-state index in [4.69, 9.17) is 0 Å². The summed E-state index contributed by atoms with van der Waals surface area (Å²) >= 11 is 0. The van der Waals surface area contributed by atoms with E-state index in [9.17, 15) is 13.2 Å². The lowest BCUT2D eigenvalue weighted by Gasteiger charge is -2.15. The molecule has 1 atom stereocenters. The van der Waals surface area contributed by atoms with Gasteiger partial charge in [-0.25, -0.2) is 8.42 Å². The summed E-state index contributed by atoms with van der Waals surface area (Å²) in [4.78, 5) is 11.1. The number of hydrogen-bond donors (Lipinski definition) is 0. The maximum Gasteiger partial charge on any atom is 0.173 e. The maximum atomic E-state index is 11.6. The van der Waals surface area contributed by atoms with E-state index in [1.165, 1.54) is 7.11 Å². The zero-order valence-corrected chi connectivity index (χ0v) is 9.93. The van der Waals surface area contributed by atoms with Gasteiger partial charge in [0, 0.05) is 7.11 Å². The van der Waals surface area contributed by atoms with Crippen LogP contribution in [0.5, 0.6) is 0 Å². The van der Waals surface area contributed by atoms with Crippen molar-refractivity contribution < 1.29 is 17.9 Å². The molecule has 4 nitrogen and oxygen atoms in total. The quantitative estimate of drug-likeness (QED) is 0.662. The summed E-state index contributed by atoms with van der Waals surface area (Å²) in [5.41, 5.74) is 0. The summed E-state index contributed by atoms with van der Waals surface area (Å²) in [5.74, 6) is -0.782. The molecule has 0 aromatic carbocycles. The fraction of sp³-hybridized carbons (Fsp3) is 0.889. The van der Waals surface area contributed by atoms with Crippen LogP contribution in [0.1, 0.15) is 20.8 Å². The van der Waals surface area contributed by atoms with Crippen molar-refractivity contribution in [2.24, 2.45) is 5.92 Å². The topological polar surface area (TPSA) is 60.4 Å². The molecule has 1 unspecified atom stereocenters. The van der Waals surface area contributed by atoms with Crippen LogP contribution in [-0.2, 0) is 19.4 Å². The predicted octanol–water partition coefficient (Wildman–Crippen LogP) is 0.661. The second-order valence-electron chi connectivity index (χ2n) is 3.73. The molecule has 84 valence electrons. The number of hydrogen-bond acceptors (Lipinski definition) is 4. The third kappa shape index (κ3) is 4.19. The van der Waals surface area contributed by atoms with Gasteiger partial charge in [-0.1, -0.05) is 13.8 Å². The summed E-state index contributed by atoms with van der Waals surface area (Å²) < 4.78 is 27.7. The first kappa shape index (κ1) is 13.6. The molecule has 14 heavy (non-hydrogen) atoms. The van der Waals surface area contributed by atoms with Gasteiger partial charge >= 0.3 is 0 Å². The fourth-order valence-electron chi connectivity index (χ4n) is 0.973. The van der Waals surface area contributed by atoms with Crippen LogP contribution < -0.4 is 0 Å². The zero-order chi connectivity index (χ0) is 11.4. The lowest BCUT2D eigenvalue weighted by atomic mass is 10.2. The standard InChI is InChI=1S/C9H18O4S/c1-7(2)8(3)14(11,12)6-9(10)5-13-4/h7-8H,5-6H2,1-4H3. The zero-order valence-electron chi connectivity index (χ0n) is 9.11. The van der Waals surface area contributed by atoms with Crippen molar-refractivity contribution in [3.05, 3.63) is 0 Å². The van der Waals surface area contributed by atoms with Crippen LogP contribution in [0.15, 0.2) is 0 Å². The van der Waals surface area contributed by atoms with Crippen LogP contribution in [0.4, 0.5) is 0 Å². The van der Waals surface area contributed by atoms with Crippen LogP contribution in [0.2, 0.25) is 0 Å². The molecule has 0 heterocycles. The van der Waals surface area contributed by atoms with E-state index >= 15 is 0 Å². The fourth-order valence-corrected chi connectivity index (χ4v) is 2.60. The van der Waals surface area contributed by atoms with Gasteiger partial charge in [-0.2, -0.15) is 0 Å². The number of methoxy groups -OCH3 is 1. The van der Waals surface area contributed by atoms with Gasteiger partial charge in [0.05, 0.1) is 5.25 Å². The molecule has 0 radical (unpaired) electrons. The third-order valence-corrected chi connectivity index (χ3v) is 4.57. The number of ketones is 1. The first-order chi connectivity index (χ1) is 6.31. The van der Waals surface area contributed by atoms with Crippen LogP contribution in [0, 0.1) is 5.92 Å². The van der Waals surface area contributed by atoms with Crippen molar-refractivity contribution in [1.29, 1.82) is 0 Å². The normalized spacial score (nSPS) is 14.4. The highest BCUT2D eigenvalue weighted by Gasteiger charge is 2.26. The molecule has 0 aliphatic carbocycles. The molecular weight excluding hydrogens is 204 g/mol. The van der Waals surface area contributed by atoms with Gasteiger partial charge < -0.3 is 4.74 Å². The first-order valence-corrected chi connectivity index (χ1v) is 6.25. The van der Waals surface area contributed by atoms with E-state index in [-0.39, 0.29) is 18.3 Å². The minimum absolute atomic E-state index is 0.0235. The van der Waals surface area contributed by atoms with Crippen molar-refractivity contribution >= 4 is 15.6 Å². The molecule has 0 N–H and O–H groups in total. The summed E-state index contributed by atoms with van der Waals surface area (Å²) in [5, 5.41) is -0.483. The van der Waals surface area contributed by atoms with Gasteiger partial charge in [0.1, 0.15) is 12.4 Å². The Labute approximate surface area is 85.6 Å². The van der Waals surface area contributed by atoms with Gasteiger partial charge in [0.25, 0.3) is 0 Å². The number of rotatable bonds is 6. The molecular formula is C9H18O4S. The molecule has 0 aliphatic rings. The molecule has 0 rings (SSSR count). The number of sulfone groups is 1. The first-order valence-electron chi connectivity index (χ1n) is 4.53. The van der Waals surface area contributed by atoms with E-state index in [0.29, 0.717) is 0 Å². The Morgan fingerprint density at radius 3 is 2.14 bits per heavy atom. The van der Waals surface area contributed by atoms with Gasteiger partial charge in [-0.05, 0) is 12.8 Å². The summed E-state index contributed by atoms with van der Waals surface area (Å²) in [6.07, 6.45) is 0. The second kappa shape index (κ2) is 5.46. The molecule has 0 aliphatic heterocycles. The van der Waals surface area contributed by atoms with Crippen LogP contribution in [-0.4, -0.2) is 38.9 Å². The average Bonchev–Trinajstić information content (AvgIpc) is 2.02. The third-order valence-electron chi connectivity index (χ3n) is 2.17. The predicted molar refractivity (Wildman–Crippen MR) is 55.0 cm³/mol. The average molecular weight is 222 g/mol. The highest BCUT2D eigenvalue weighted by Crippen LogP contribution is 2.12. The van der Waals surface area contributed by atoms with E-state index < -0.39 is 20.8 Å². The van der Waals surface area contributed by atoms with Crippen LogP contribution in [0.25, 0.3) is 0 Å². The van der Waals surface area contributed by atoms with Crippen molar-refractivity contribution in [1.82, 2.24) is 0 Å². The van der Waals surface area contributed by atoms with Crippen molar-refractivity contribution in [2.45, 2.75) is 26.0 Å². The number of carbonyl (C=O) groups excluding carboxylic acids is 1. The summed E-state index contributed by atoms with van der Waals surface area (Å²) in [7, 11) is -1.94. The molecule has 0 saturated carbocycles. The largest absolute Gasteiger partial charge is 0.377 e. The minimum atomic E-state index is -3.31. The number of Topliss-reactive ketones (excluding diaryl/α,β-unsaturated/α-hetero) is 1. The Morgan fingerprint density at radius 2 is 1.79 bits per heavy atom. The molecule has 0 saturated heterocycles. The number of carbonyl (C=O) groups is 1. The van der Waals surface area contributed by atoms with Crippen molar-refractivity contribution in [3.63, 3.8) is 0 Å². The molecule has 0 fully saturated rings. The monoisotopic (exact) mass is 222 g/mol. The van der Waals surface area contributed by atoms with E-state index in [1.807, 2.05) is 13.8 Å². The molecule has 0 aromatic rings. The molecule has 0 spiro atoms. The Kier molecular flexibility index (Phi) is 5.29. The van der Waals surface area contributed by atoms with Gasteiger partial charge in [-0.3, -0.25) is 4.79 Å². The lowest BCUT2D eigenvalue weighted by molar-refractivity contribution is -0.120. The van der Waals surface area contributed by atoms with Gasteiger partial charge in [0.15, 0.2) is 15.6 Å². The number of ether oxygens (including phenoxy) is 1. The lowest BCUT2D eigenvalue weighted by Crippen LogP contribution is -2.30. The van der Waals surface area contributed by atoms with E-state index in [2.05, 4.69) is 4.74 Å². The maximum absolute atomic E-state index is 11.6. The highest BCUT2D eigenvalue weighted by atomic mass is 32.2. The Morgan fingerprint density at radius 1 is 1.29 bits per heavy atom. The van der Waals surface area contributed by atoms with Crippen LogP contribution in [0.3, 0.4) is 0 Å². The SMILES string of the molecule is COCC(=O)CS(=O)(=O)C(C)C(C)C. The molecule has 5 heteroatoms. The van der Waals surface area contributed by atoms with Gasteiger partial charge in [-0.15, -0.1) is 0 Å². The van der Waals surface area contributed by atoms with E-state index in [0.717, 1.165) is 0 Å². The second-order valence-corrected chi connectivity index (χ2v) is 6.09.